The van der Waals surface area contributed by atoms with Crippen LogP contribution >= 0.6 is 0 Å². The molecule has 0 saturated carbocycles. The summed E-state index contributed by atoms with van der Waals surface area (Å²) in [6, 6.07) is 5.67. The van der Waals surface area contributed by atoms with Gasteiger partial charge in [-0.3, -0.25) is 0 Å². The van der Waals surface area contributed by atoms with E-state index in [4.69, 9.17) is 4.74 Å². The van der Waals surface area contributed by atoms with Gasteiger partial charge in [0.05, 0.1) is 18.3 Å². The van der Waals surface area contributed by atoms with Crippen molar-refractivity contribution in [3.05, 3.63) is 35.4 Å². The third-order valence-electron chi connectivity index (χ3n) is 2.77. The van der Waals surface area contributed by atoms with Crippen LogP contribution in [-0.4, -0.2) is 25.8 Å². The Morgan fingerprint density at radius 3 is 2.71 bits per heavy atom. The van der Waals surface area contributed by atoms with Crippen molar-refractivity contribution in [2.24, 2.45) is 0 Å². The van der Waals surface area contributed by atoms with Crippen molar-refractivity contribution < 1.29 is 17.9 Å². The number of benzene rings is 1. The van der Waals surface area contributed by atoms with Gasteiger partial charge in [-0.2, -0.15) is 13.2 Å². The molecule has 0 aliphatic carbocycles. The van der Waals surface area contributed by atoms with Crippen LogP contribution in [0.25, 0.3) is 0 Å². The minimum atomic E-state index is -4.29. The minimum Gasteiger partial charge on any atom is -0.375 e. The van der Waals surface area contributed by atoms with E-state index in [1.807, 2.05) is 0 Å². The zero-order valence-corrected chi connectivity index (χ0v) is 9.26. The van der Waals surface area contributed by atoms with Crippen molar-refractivity contribution in [2.45, 2.75) is 18.7 Å². The van der Waals surface area contributed by atoms with Crippen LogP contribution in [0.15, 0.2) is 24.3 Å². The topological polar surface area (TPSA) is 21.3 Å². The summed E-state index contributed by atoms with van der Waals surface area (Å²) < 4.78 is 43.7. The van der Waals surface area contributed by atoms with E-state index in [0.29, 0.717) is 25.1 Å². The van der Waals surface area contributed by atoms with Gasteiger partial charge in [0.15, 0.2) is 0 Å². The lowest BCUT2D eigenvalue weighted by molar-refractivity contribution is -0.138. The molecule has 0 unspecified atom stereocenters. The summed E-state index contributed by atoms with van der Waals surface area (Å²) in [5.74, 6) is 0. The Bertz CT molecular complexity index is 372. The monoisotopic (exact) mass is 245 g/mol. The fourth-order valence-electron chi connectivity index (χ4n) is 1.97. The fourth-order valence-corrected chi connectivity index (χ4v) is 1.97. The molecule has 94 valence electrons. The van der Waals surface area contributed by atoms with Crippen LogP contribution < -0.4 is 5.32 Å². The van der Waals surface area contributed by atoms with Gasteiger partial charge < -0.3 is 10.1 Å². The molecule has 1 aliphatic rings. The Kier molecular flexibility index (Phi) is 3.69. The molecule has 0 aromatic heterocycles. The summed E-state index contributed by atoms with van der Waals surface area (Å²) in [5.41, 5.74) is -0.261. The van der Waals surface area contributed by atoms with Gasteiger partial charge in [0.1, 0.15) is 0 Å². The van der Waals surface area contributed by atoms with E-state index >= 15 is 0 Å². The SMILES string of the molecule is FC(F)(F)c1ccccc1C[C@@H]1CNCCO1. The Balaban J connectivity index is 2.14. The maximum Gasteiger partial charge on any atom is 0.416 e. The maximum absolute atomic E-state index is 12.7. The number of nitrogens with one attached hydrogen (secondary N) is 1. The first-order chi connectivity index (χ1) is 8.07. The fraction of sp³-hybridized carbons (Fsp3) is 0.500. The molecule has 17 heavy (non-hydrogen) atoms. The number of halogens is 3. The number of hydrogen-bond acceptors (Lipinski definition) is 2. The Hall–Kier alpha value is -1.07. The minimum absolute atomic E-state index is 0.174. The first kappa shape index (κ1) is 12.4. The molecular formula is C12H14F3NO. The largest absolute Gasteiger partial charge is 0.416 e. The molecule has 1 fully saturated rings. The molecule has 0 bridgehead atoms. The third kappa shape index (κ3) is 3.20. The van der Waals surface area contributed by atoms with Crippen molar-refractivity contribution in [3.8, 4) is 0 Å². The van der Waals surface area contributed by atoms with Crippen molar-refractivity contribution in [1.82, 2.24) is 5.32 Å². The lowest BCUT2D eigenvalue weighted by Gasteiger charge is -2.24. The van der Waals surface area contributed by atoms with Crippen LogP contribution in [0.2, 0.25) is 0 Å². The van der Waals surface area contributed by atoms with Crippen LogP contribution in [0, 0.1) is 0 Å². The van der Waals surface area contributed by atoms with Crippen LogP contribution in [-0.2, 0) is 17.3 Å². The predicted octanol–water partition coefficient (Wildman–Crippen LogP) is 2.24. The smallest absolute Gasteiger partial charge is 0.375 e. The molecule has 5 heteroatoms. The standard InChI is InChI=1S/C12H14F3NO/c13-12(14,15)11-4-2-1-3-9(11)7-10-8-16-5-6-17-10/h1-4,10,16H,5-8H2/t10-/m1/s1. The number of ether oxygens (including phenoxy) is 1. The van der Waals surface area contributed by atoms with Gasteiger partial charge in [-0.25, -0.2) is 0 Å². The highest BCUT2D eigenvalue weighted by Gasteiger charge is 2.33. The van der Waals surface area contributed by atoms with E-state index in [1.54, 1.807) is 6.07 Å². The molecule has 0 radical (unpaired) electrons. The van der Waals surface area contributed by atoms with Crippen molar-refractivity contribution in [2.75, 3.05) is 19.7 Å². The Morgan fingerprint density at radius 1 is 1.29 bits per heavy atom. The van der Waals surface area contributed by atoms with Gasteiger partial charge in [-0.1, -0.05) is 18.2 Å². The lowest BCUT2D eigenvalue weighted by Crippen LogP contribution is -2.39. The second-order valence-corrected chi connectivity index (χ2v) is 4.06. The summed E-state index contributed by atoms with van der Waals surface area (Å²) in [6.45, 7) is 1.92. The van der Waals surface area contributed by atoms with E-state index in [0.717, 1.165) is 12.6 Å². The molecule has 1 N–H and O–H groups in total. The normalized spacial score (nSPS) is 21.5. The summed E-state index contributed by atoms with van der Waals surface area (Å²) in [7, 11) is 0. The van der Waals surface area contributed by atoms with Gasteiger partial charge in [0.25, 0.3) is 0 Å². The molecular weight excluding hydrogens is 231 g/mol. The summed E-state index contributed by atoms with van der Waals surface area (Å²) >= 11 is 0. The van der Waals surface area contributed by atoms with Crippen molar-refractivity contribution in [1.29, 1.82) is 0 Å². The highest BCUT2D eigenvalue weighted by atomic mass is 19.4. The molecule has 1 aromatic rings. The van der Waals surface area contributed by atoms with Crippen LogP contribution in [0.3, 0.4) is 0 Å². The van der Waals surface area contributed by atoms with Gasteiger partial charge in [-0.15, -0.1) is 0 Å². The van der Waals surface area contributed by atoms with Gasteiger partial charge in [-0.05, 0) is 11.6 Å². The van der Waals surface area contributed by atoms with E-state index in [9.17, 15) is 13.2 Å². The maximum atomic E-state index is 12.7. The number of rotatable bonds is 2. The second kappa shape index (κ2) is 5.06. The molecule has 0 amide bonds. The van der Waals surface area contributed by atoms with Crippen LogP contribution in [0.5, 0.6) is 0 Å². The van der Waals surface area contributed by atoms with E-state index in [-0.39, 0.29) is 6.10 Å². The van der Waals surface area contributed by atoms with Crippen LogP contribution in [0.4, 0.5) is 13.2 Å². The summed E-state index contributed by atoms with van der Waals surface area (Å²) in [4.78, 5) is 0. The molecule has 0 spiro atoms. The molecule has 1 atom stereocenters. The zero-order valence-electron chi connectivity index (χ0n) is 9.26. The predicted molar refractivity (Wildman–Crippen MR) is 57.8 cm³/mol. The average molecular weight is 245 g/mol. The van der Waals surface area contributed by atoms with Gasteiger partial charge in [0.2, 0.25) is 0 Å². The average Bonchev–Trinajstić information content (AvgIpc) is 2.30. The zero-order chi connectivity index (χ0) is 12.3. The first-order valence-electron chi connectivity index (χ1n) is 5.55. The summed E-state index contributed by atoms with van der Waals surface area (Å²) in [6.07, 6.45) is -4.17. The first-order valence-corrected chi connectivity index (χ1v) is 5.55. The number of hydrogen-bond donors (Lipinski definition) is 1. The van der Waals surface area contributed by atoms with E-state index in [1.165, 1.54) is 12.1 Å². The Labute approximate surface area is 97.8 Å². The quantitative estimate of drug-likeness (QED) is 0.862. The van der Waals surface area contributed by atoms with Crippen LogP contribution in [0.1, 0.15) is 11.1 Å². The molecule has 1 heterocycles. The second-order valence-electron chi connectivity index (χ2n) is 4.06. The van der Waals surface area contributed by atoms with Crippen molar-refractivity contribution in [3.63, 3.8) is 0 Å². The van der Waals surface area contributed by atoms with E-state index in [2.05, 4.69) is 5.32 Å². The third-order valence-corrected chi connectivity index (χ3v) is 2.77. The number of alkyl halides is 3. The molecule has 1 aliphatic heterocycles. The highest BCUT2D eigenvalue weighted by molar-refractivity contribution is 5.30. The Morgan fingerprint density at radius 2 is 2.06 bits per heavy atom. The van der Waals surface area contributed by atoms with Gasteiger partial charge in [0, 0.05) is 19.5 Å². The highest BCUT2D eigenvalue weighted by Crippen LogP contribution is 2.32. The molecule has 1 saturated heterocycles. The summed E-state index contributed by atoms with van der Waals surface area (Å²) in [5, 5.41) is 3.11. The van der Waals surface area contributed by atoms with Gasteiger partial charge >= 0.3 is 6.18 Å². The molecule has 1 aromatic carbocycles. The lowest BCUT2D eigenvalue weighted by atomic mass is 10.0. The van der Waals surface area contributed by atoms with Crippen molar-refractivity contribution >= 4 is 0 Å². The number of morpholine rings is 1. The molecule has 2 rings (SSSR count). The van der Waals surface area contributed by atoms with E-state index < -0.39 is 11.7 Å². The molecule has 2 nitrogen and oxygen atoms in total.